The quantitative estimate of drug-likeness (QED) is 0.802. The fourth-order valence-corrected chi connectivity index (χ4v) is 3.44. The van der Waals surface area contributed by atoms with Gasteiger partial charge in [-0.2, -0.15) is 0 Å². The standard InChI is InChI=1S/C13H12BrClN2O2S/c1-8-3-2-4-12(13(8)14)17-20(18,19)9-5-6-11(16)10(15)7-9/h2-7,17H,16H2,1H3. The first-order valence-electron chi connectivity index (χ1n) is 5.64. The third-order valence-corrected chi connectivity index (χ3v) is 5.46. The summed E-state index contributed by atoms with van der Waals surface area (Å²) in [6.45, 7) is 1.88. The third kappa shape index (κ3) is 3.08. The van der Waals surface area contributed by atoms with Crippen LogP contribution in [0.2, 0.25) is 5.02 Å². The highest BCUT2D eigenvalue weighted by molar-refractivity contribution is 9.10. The molecule has 0 aliphatic heterocycles. The number of nitrogen functional groups attached to an aromatic ring is 1. The number of hydrogen-bond acceptors (Lipinski definition) is 3. The van der Waals surface area contributed by atoms with Crippen LogP contribution in [0.4, 0.5) is 11.4 Å². The summed E-state index contributed by atoms with van der Waals surface area (Å²) in [5.74, 6) is 0. The predicted octanol–water partition coefficient (Wildman–Crippen LogP) is 3.79. The molecule has 0 unspecified atom stereocenters. The van der Waals surface area contributed by atoms with Crippen molar-refractivity contribution < 1.29 is 8.42 Å². The number of nitrogens with two attached hydrogens (primary N) is 1. The SMILES string of the molecule is Cc1cccc(NS(=O)(=O)c2ccc(N)c(Cl)c2)c1Br. The average Bonchev–Trinajstić information content (AvgIpc) is 2.38. The van der Waals surface area contributed by atoms with Crippen LogP contribution in [0.15, 0.2) is 45.8 Å². The van der Waals surface area contributed by atoms with Gasteiger partial charge in [0.2, 0.25) is 0 Å². The summed E-state index contributed by atoms with van der Waals surface area (Å²) >= 11 is 9.21. The van der Waals surface area contributed by atoms with Gasteiger partial charge in [-0.1, -0.05) is 23.7 Å². The molecule has 0 spiro atoms. The molecule has 0 atom stereocenters. The summed E-state index contributed by atoms with van der Waals surface area (Å²) in [6, 6.07) is 9.52. The largest absolute Gasteiger partial charge is 0.398 e. The molecule has 7 heteroatoms. The van der Waals surface area contributed by atoms with Gasteiger partial charge in [0.1, 0.15) is 0 Å². The van der Waals surface area contributed by atoms with Crippen LogP contribution in [0.3, 0.4) is 0 Å². The Labute approximate surface area is 131 Å². The Bertz CT molecular complexity index is 763. The molecule has 0 bridgehead atoms. The van der Waals surface area contributed by atoms with E-state index in [0.717, 1.165) is 5.56 Å². The van der Waals surface area contributed by atoms with Gasteiger partial charge in [-0.3, -0.25) is 4.72 Å². The van der Waals surface area contributed by atoms with E-state index in [0.29, 0.717) is 15.8 Å². The highest BCUT2D eigenvalue weighted by Crippen LogP contribution is 2.29. The second kappa shape index (κ2) is 5.63. The summed E-state index contributed by atoms with van der Waals surface area (Å²) in [5, 5.41) is 0.205. The van der Waals surface area contributed by atoms with Crippen molar-refractivity contribution in [1.29, 1.82) is 0 Å². The van der Waals surface area contributed by atoms with E-state index in [1.165, 1.54) is 18.2 Å². The molecule has 0 aromatic heterocycles. The highest BCUT2D eigenvalue weighted by Gasteiger charge is 2.17. The van der Waals surface area contributed by atoms with Crippen molar-refractivity contribution in [2.75, 3.05) is 10.5 Å². The van der Waals surface area contributed by atoms with Gasteiger partial charge < -0.3 is 5.73 Å². The minimum Gasteiger partial charge on any atom is -0.398 e. The lowest BCUT2D eigenvalue weighted by Crippen LogP contribution is -2.13. The molecule has 2 rings (SSSR count). The normalized spacial score (nSPS) is 11.3. The molecular formula is C13H12BrClN2O2S. The zero-order chi connectivity index (χ0) is 14.9. The molecule has 2 aromatic carbocycles. The van der Waals surface area contributed by atoms with Crippen LogP contribution in [0.25, 0.3) is 0 Å². The molecule has 3 N–H and O–H groups in total. The number of halogens is 2. The number of anilines is 2. The maximum atomic E-state index is 12.3. The molecule has 2 aromatic rings. The van der Waals surface area contributed by atoms with Gasteiger partial charge in [-0.05, 0) is 52.7 Å². The fraction of sp³-hybridized carbons (Fsp3) is 0.0769. The lowest BCUT2D eigenvalue weighted by Gasteiger charge is -2.11. The fourth-order valence-electron chi connectivity index (χ4n) is 1.60. The molecule has 20 heavy (non-hydrogen) atoms. The number of aryl methyl sites for hydroxylation is 1. The van der Waals surface area contributed by atoms with Gasteiger partial charge in [0, 0.05) is 4.47 Å². The topological polar surface area (TPSA) is 72.2 Å². The minimum absolute atomic E-state index is 0.0603. The summed E-state index contributed by atoms with van der Waals surface area (Å²) in [4.78, 5) is 0.0603. The summed E-state index contributed by atoms with van der Waals surface area (Å²) in [6.07, 6.45) is 0. The maximum absolute atomic E-state index is 12.3. The van der Waals surface area contributed by atoms with Crippen molar-refractivity contribution in [1.82, 2.24) is 0 Å². The van der Waals surface area contributed by atoms with E-state index >= 15 is 0 Å². The lowest BCUT2D eigenvalue weighted by atomic mass is 10.2. The number of sulfonamides is 1. The molecule has 0 aliphatic carbocycles. The summed E-state index contributed by atoms with van der Waals surface area (Å²) < 4.78 is 27.8. The van der Waals surface area contributed by atoms with Gasteiger partial charge in [0.15, 0.2) is 0 Å². The van der Waals surface area contributed by atoms with Crippen molar-refractivity contribution in [2.24, 2.45) is 0 Å². The Morgan fingerprint density at radius 2 is 1.95 bits per heavy atom. The van der Waals surface area contributed by atoms with E-state index in [1.54, 1.807) is 12.1 Å². The Kier molecular flexibility index (Phi) is 4.27. The summed E-state index contributed by atoms with van der Waals surface area (Å²) in [7, 11) is -3.71. The number of benzene rings is 2. The van der Waals surface area contributed by atoms with Crippen LogP contribution in [-0.2, 0) is 10.0 Å². The van der Waals surface area contributed by atoms with Crippen molar-refractivity contribution >= 4 is 48.9 Å². The second-order valence-corrected chi connectivity index (χ2v) is 7.11. The van der Waals surface area contributed by atoms with Crippen LogP contribution in [0.1, 0.15) is 5.56 Å². The van der Waals surface area contributed by atoms with Gasteiger partial charge in [-0.15, -0.1) is 0 Å². The molecular weight excluding hydrogens is 364 g/mol. The molecule has 0 aliphatic rings. The Morgan fingerprint density at radius 3 is 2.60 bits per heavy atom. The van der Waals surface area contributed by atoms with Gasteiger partial charge in [-0.25, -0.2) is 8.42 Å². The number of hydrogen-bond donors (Lipinski definition) is 2. The van der Waals surface area contributed by atoms with Crippen LogP contribution < -0.4 is 10.5 Å². The Morgan fingerprint density at radius 1 is 1.25 bits per heavy atom. The van der Waals surface area contributed by atoms with E-state index in [2.05, 4.69) is 20.7 Å². The highest BCUT2D eigenvalue weighted by atomic mass is 79.9. The zero-order valence-corrected chi connectivity index (χ0v) is 13.7. The molecule has 0 radical (unpaired) electrons. The van der Waals surface area contributed by atoms with Crippen LogP contribution in [0.5, 0.6) is 0 Å². The van der Waals surface area contributed by atoms with E-state index in [1.807, 2.05) is 13.0 Å². The first-order valence-corrected chi connectivity index (χ1v) is 8.29. The first-order chi connectivity index (χ1) is 9.31. The molecule has 0 amide bonds. The van der Waals surface area contributed by atoms with Gasteiger partial charge in [0.05, 0.1) is 21.3 Å². The van der Waals surface area contributed by atoms with Crippen molar-refractivity contribution in [2.45, 2.75) is 11.8 Å². The van der Waals surface area contributed by atoms with Crippen molar-refractivity contribution in [3.05, 3.63) is 51.5 Å². The molecule has 0 fully saturated rings. The van der Waals surface area contributed by atoms with Crippen molar-refractivity contribution in [3.8, 4) is 0 Å². The van der Waals surface area contributed by atoms with Crippen LogP contribution in [0, 0.1) is 6.92 Å². The minimum atomic E-state index is -3.71. The second-order valence-electron chi connectivity index (χ2n) is 4.23. The van der Waals surface area contributed by atoms with Gasteiger partial charge >= 0.3 is 0 Å². The van der Waals surface area contributed by atoms with E-state index in [4.69, 9.17) is 17.3 Å². The maximum Gasteiger partial charge on any atom is 0.261 e. The molecule has 106 valence electrons. The number of rotatable bonds is 3. The van der Waals surface area contributed by atoms with Crippen molar-refractivity contribution in [3.63, 3.8) is 0 Å². The van der Waals surface area contributed by atoms with Crippen LogP contribution >= 0.6 is 27.5 Å². The average molecular weight is 376 g/mol. The number of nitrogens with one attached hydrogen (secondary N) is 1. The first kappa shape index (κ1) is 15.2. The predicted molar refractivity (Wildman–Crippen MR) is 85.6 cm³/mol. The van der Waals surface area contributed by atoms with E-state index in [-0.39, 0.29) is 9.92 Å². The Hall–Kier alpha value is -1.24. The zero-order valence-electron chi connectivity index (χ0n) is 10.5. The molecule has 0 saturated carbocycles. The third-order valence-electron chi connectivity index (χ3n) is 2.72. The molecule has 0 saturated heterocycles. The summed E-state index contributed by atoms with van der Waals surface area (Å²) in [5.41, 5.74) is 7.31. The molecule has 4 nitrogen and oxygen atoms in total. The Balaban J connectivity index is 2.41. The monoisotopic (exact) mass is 374 g/mol. The van der Waals surface area contributed by atoms with E-state index in [9.17, 15) is 8.42 Å². The molecule has 0 heterocycles. The van der Waals surface area contributed by atoms with Crippen LogP contribution in [-0.4, -0.2) is 8.42 Å². The van der Waals surface area contributed by atoms with Gasteiger partial charge in [0.25, 0.3) is 10.0 Å². The lowest BCUT2D eigenvalue weighted by molar-refractivity contribution is 0.601. The van der Waals surface area contributed by atoms with E-state index < -0.39 is 10.0 Å². The smallest absolute Gasteiger partial charge is 0.261 e.